The molecule has 0 saturated heterocycles. The summed E-state index contributed by atoms with van der Waals surface area (Å²) < 4.78 is 5.13. The van der Waals surface area contributed by atoms with Gasteiger partial charge in [-0.15, -0.1) is 11.3 Å². The van der Waals surface area contributed by atoms with E-state index in [0.717, 1.165) is 11.9 Å². The number of halogens is 1. The molecule has 0 aliphatic carbocycles. The van der Waals surface area contributed by atoms with Crippen LogP contribution in [-0.4, -0.2) is 36.3 Å². The third-order valence-electron chi connectivity index (χ3n) is 2.07. The third kappa shape index (κ3) is 2.95. The van der Waals surface area contributed by atoms with E-state index in [9.17, 15) is 4.79 Å². The number of alkyl halides is 1. The highest BCUT2D eigenvalue weighted by Gasteiger charge is 2.18. The molecule has 0 aliphatic heterocycles. The highest BCUT2D eigenvalue weighted by Crippen LogP contribution is 2.25. The largest absolute Gasteiger partial charge is 0.495 e. The van der Waals surface area contributed by atoms with Crippen molar-refractivity contribution in [3.8, 4) is 5.75 Å². The van der Waals surface area contributed by atoms with Crippen LogP contribution in [0.3, 0.4) is 0 Å². The Balaban J connectivity index is 2.82. The van der Waals surface area contributed by atoms with Gasteiger partial charge in [-0.2, -0.15) is 0 Å². The first-order valence-electron chi connectivity index (χ1n) is 4.71. The molecule has 0 atom stereocenters. The van der Waals surface area contributed by atoms with Gasteiger partial charge in [-0.1, -0.05) is 15.9 Å². The van der Waals surface area contributed by atoms with Crippen molar-refractivity contribution in [1.82, 2.24) is 4.90 Å². The zero-order chi connectivity index (χ0) is 11.3. The number of hydrogen-bond acceptors (Lipinski definition) is 3. The van der Waals surface area contributed by atoms with Crippen molar-refractivity contribution in [3.05, 3.63) is 16.3 Å². The predicted octanol–water partition coefficient (Wildman–Crippen LogP) is 2.61. The second-order valence-corrected chi connectivity index (χ2v) is 4.60. The van der Waals surface area contributed by atoms with Crippen LogP contribution in [0.4, 0.5) is 0 Å². The molecule has 1 aromatic heterocycles. The van der Waals surface area contributed by atoms with Crippen molar-refractivity contribution in [3.63, 3.8) is 0 Å². The lowest BCUT2D eigenvalue weighted by atomic mass is 10.3. The summed E-state index contributed by atoms with van der Waals surface area (Å²) in [4.78, 5) is 14.5. The molecule has 0 N–H and O–H groups in total. The summed E-state index contributed by atoms with van der Waals surface area (Å²) in [5.74, 6) is 0.710. The number of ether oxygens (including phenoxy) is 1. The minimum absolute atomic E-state index is 0.0452. The van der Waals surface area contributed by atoms with Crippen LogP contribution in [0.15, 0.2) is 11.4 Å². The number of carbonyl (C=O) groups excluding carboxylic acids is 1. The molecule has 0 unspecified atom stereocenters. The predicted molar refractivity (Wildman–Crippen MR) is 66.2 cm³/mol. The Hall–Kier alpha value is -0.550. The number of carbonyl (C=O) groups is 1. The van der Waals surface area contributed by atoms with Crippen LogP contribution in [0.2, 0.25) is 0 Å². The summed E-state index contributed by atoms with van der Waals surface area (Å²) in [6.07, 6.45) is 0. The van der Waals surface area contributed by atoms with Crippen LogP contribution in [0, 0.1) is 0 Å². The van der Waals surface area contributed by atoms with Crippen molar-refractivity contribution in [2.75, 3.05) is 25.5 Å². The Morgan fingerprint density at radius 3 is 2.93 bits per heavy atom. The average Bonchev–Trinajstić information content (AvgIpc) is 2.72. The smallest absolute Gasteiger partial charge is 0.267 e. The molecule has 0 bridgehead atoms. The first kappa shape index (κ1) is 12.5. The van der Waals surface area contributed by atoms with Gasteiger partial charge in [-0.05, 0) is 18.4 Å². The maximum absolute atomic E-state index is 12.0. The maximum Gasteiger partial charge on any atom is 0.267 e. The number of methoxy groups -OCH3 is 1. The Labute approximate surface area is 102 Å². The topological polar surface area (TPSA) is 29.5 Å². The molecule has 0 radical (unpaired) electrons. The van der Waals surface area contributed by atoms with Gasteiger partial charge in [-0.25, -0.2) is 0 Å². The van der Waals surface area contributed by atoms with Crippen LogP contribution >= 0.6 is 27.3 Å². The molecule has 1 amide bonds. The van der Waals surface area contributed by atoms with Crippen LogP contribution < -0.4 is 4.74 Å². The van der Waals surface area contributed by atoms with Gasteiger partial charge in [0.15, 0.2) is 0 Å². The number of rotatable bonds is 5. The number of thiophene rings is 1. The van der Waals surface area contributed by atoms with Crippen molar-refractivity contribution in [2.45, 2.75) is 6.92 Å². The molecular weight excluding hydrogens is 278 g/mol. The van der Waals surface area contributed by atoms with Gasteiger partial charge in [0.25, 0.3) is 5.91 Å². The van der Waals surface area contributed by atoms with Crippen LogP contribution in [-0.2, 0) is 0 Å². The molecule has 1 aromatic rings. The second kappa shape index (κ2) is 6.12. The lowest BCUT2D eigenvalue weighted by molar-refractivity contribution is 0.0776. The highest BCUT2D eigenvalue weighted by molar-refractivity contribution is 9.09. The monoisotopic (exact) mass is 291 g/mol. The first-order chi connectivity index (χ1) is 7.24. The molecule has 1 rings (SSSR count). The maximum atomic E-state index is 12.0. The summed E-state index contributed by atoms with van der Waals surface area (Å²) in [5.41, 5.74) is 0. The van der Waals surface area contributed by atoms with Crippen molar-refractivity contribution in [1.29, 1.82) is 0 Å². The summed E-state index contributed by atoms with van der Waals surface area (Å²) in [7, 11) is 1.58. The van der Waals surface area contributed by atoms with E-state index in [1.807, 2.05) is 18.4 Å². The molecule has 5 heteroatoms. The summed E-state index contributed by atoms with van der Waals surface area (Å²) in [6, 6.07) is 1.82. The highest BCUT2D eigenvalue weighted by atomic mass is 79.9. The molecule has 0 aliphatic rings. The van der Waals surface area contributed by atoms with Gasteiger partial charge >= 0.3 is 0 Å². The van der Waals surface area contributed by atoms with E-state index >= 15 is 0 Å². The quantitative estimate of drug-likeness (QED) is 0.781. The van der Waals surface area contributed by atoms with Crippen LogP contribution in [0.1, 0.15) is 16.6 Å². The Kier molecular flexibility index (Phi) is 5.11. The molecule has 0 aromatic carbocycles. The van der Waals surface area contributed by atoms with Gasteiger partial charge in [0, 0.05) is 18.4 Å². The molecular formula is C10H14BrNO2S. The molecule has 15 heavy (non-hydrogen) atoms. The van der Waals surface area contributed by atoms with Gasteiger partial charge in [-0.3, -0.25) is 4.79 Å². The second-order valence-electron chi connectivity index (χ2n) is 2.89. The van der Waals surface area contributed by atoms with Crippen molar-refractivity contribution >= 4 is 33.2 Å². The fourth-order valence-electron chi connectivity index (χ4n) is 1.26. The summed E-state index contributed by atoms with van der Waals surface area (Å²) in [5, 5.41) is 2.66. The molecule has 3 nitrogen and oxygen atoms in total. The Morgan fingerprint density at radius 2 is 2.40 bits per heavy atom. The Morgan fingerprint density at radius 1 is 1.67 bits per heavy atom. The van der Waals surface area contributed by atoms with E-state index in [2.05, 4.69) is 15.9 Å². The SMILES string of the molecule is CCN(CCBr)C(=O)c1sccc1OC. The lowest BCUT2D eigenvalue weighted by Crippen LogP contribution is -2.32. The van der Waals surface area contributed by atoms with E-state index in [4.69, 9.17) is 4.74 Å². The van der Waals surface area contributed by atoms with Gasteiger partial charge < -0.3 is 9.64 Å². The fourth-order valence-corrected chi connectivity index (χ4v) is 2.52. The third-order valence-corrected chi connectivity index (χ3v) is 3.30. The van der Waals surface area contributed by atoms with E-state index in [1.54, 1.807) is 12.0 Å². The standard InChI is InChI=1S/C10H14BrNO2S/c1-3-12(6-5-11)10(13)9-8(14-2)4-7-15-9/h4,7H,3,5-6H2,1-2H3. The van der Waals surface area contributed by atoms with E-state index in [0.29, 0.717) is 17.2 Å². The van der Waals surface area contributed by atoms with E-state index in [1.165, 1.54) is 11.3 Å². The molecule has 1 heterocycles. The van der Waals surface area contributed by atoms with E-state index < -0.39 is 0 Å². The number of amides is 1. The minimum atomic E-state index is 0.0452. The average molecular weight is 292 g/mol. The van der Waals surface area contributed by atoms with Crippen LogP contribution in [0.25, 0.3) is 0 Å². The molecule has 0 saturated carbocycles. The van der Waals surface area contributed by atoms with Gasteiger partial charge in [0.1, 0.15) is 10.6 Å². The Bertz CT molecular complexity index is 327. The summed E-state index contributed by atoms with van der Waals surface area (Å²) >= 11 is 4.76. The van der Waals surface area contributed by atoms with Gasteiger partial charge in [0.2, 0.25) is 0 Å². The molecule has 0 fully saturated rings. The minimum Gasteiger partial charge on any atom is -0.495 e. The van der Waals surface area contributed by atoms with E-state index in [-0.39, 0.29) is 5.91 Å². The number of hydrogen-bond donors (Lipinski definition) is 0. The van der Waals surface area contributed by atoms with Crippen molar-refractivity contribution < 1.29 is 9.53 Å². The van der Waals surface area contributed by atoms with Crippen molar-refractivity contribution in [2.24, 2.45) is 0 Å². The van der Waals surface area contributed by atoms with Crippen LogP contribution in [0.5, 0.6) is 5.75 Å². The zero-order valence-corrected chi connectivity index (χ0v) is 11.2. The zero-order valence-electron chi connectivity index (χ0n) is 8.83. The van der Waals surface area contributed by atoms with Gasteiger partial charge in [0.05, 0.1) is 7.11 Å². The lowest BCUT2D eigenvalue weighted by Gasteiger charge is -2.19. The normalized spacial score (nSPS) is 10.1. The fraction of sp³-hybridized carbons (Fsp3) is 0.500. The summed E-state index contributed by atoms with van der Waals surface area (Å²) in [6.45, 7) is 3.41. The number of nitrogens with zero attached hydrogens (tertiary/aromatic N) is 1. The first-order valence-corrected chi connectivity index (χ1v) is 6.71. The molecule has 0 spiro atoms. The molecule has 84 valence electrons.